The van der Waals surface area contributed by atoms with Crippen molar-refractivity contribution in [2.24, 2.45) is 0 Å². The lowest BCUT2D eigenvalue weighted by Gasteiger charge is -2.16. The Morgan fingerprint density at radius 1 is 1.17 bits per heavy atom. The number of carbonyl (C=O) groups excluding carboxylic acids is 1. The van der Waals surface area contributed by atoms with Crippen LogP contribution in [0.2, 0.25) is 5.02 Å². The molecule has 0 saturated carbocycles. The van der Waals surface area contributed by atoms with Crippen LogP contribution in [0.25, 0.3) is 27.7 Å². The number of H-pyrrole nitrogens is 1. The van der Waals surface area contributed by atoms with Crippen molar-refractivity contribution in [2.75, 3.05) is 5.32 Å². The Balaban J connectivity index is 1.31. The SMILES string of the molecule is O=C(Nc1ccc2[nH]c(CO)cc2c1)[C@@H]1CCc2cc(-c3cc(Cl)ccc3-n3cnnn3)cc(=O)n21. The number of benzene rings is 2. The number of amides is 1. The van der Waals surface area contributed by atoms with E-state index in [1.165, 1.54) is 17.1 Å². The van der Waals surface area contributed by atoms with Gasteiger partial charge in [0, 0.05) is 44.6 Å². The van der Waals surface area contributed by atoms with Crippen molar-refractivity contribution >= 4 is 34.1 Å². The number of hydrogen-bond donors (Lipinski definition) is 3. The summed E-state index contributed by atoms with van der Waals surface area (Å²) in [5, 5.41) is 25.0. The fourth-order valence-corrected chi connectivity index (χ4v) is 4.96. The van der Waals surface area contributed by atoms with Gasteiger partial charge in [0.2, 0.25) is 5.91 Å². The maximum atomic E-state index is 13.2. The lowest BCUT2D eigenvalue weighted by atomic mass is 10.0. The monoisotopic (exact) mass is 501 g/mol. The lowest BCUT2D eigenvalue weighted by Crippen LogP contribution is -2.31. The standard InChI is InChI=1S/C25H20ClN7O3/c26-16-1-5-22(32-13-27-30-31-32)20(11-16)14-9-19-3-6-23(33(19)24(35)10-14)25(36)29-17-2-4-21-15(7-17)8-18(12-34)28-21/h1-2,4-5,7-11,13,23,28,34H,3,6,12H2,(H,29,36)/t23-/m0/s1. The minimum atomic E-state index is -0.616. The number of halogens is 1. The van der Waals surface area contributed by atoms with E-state index in [9.17, 15) is 14.7 Å². The van der Waals surface area contributed by atoms with Crippen LogP contribution in [-0.2, 0) is 17.8 Å². The molecule has 11 heteroatoms. The van der Waals surface area contributed by atoms with E-state index in [2.05, 4.69) is 25.8 Å². The third kappa shape index (κ3) is 3.86. The molecule has 3 aromatic heterocycles. The number of carbonyl (C=O) groups is 1. The van der Waals surface area contributed by atoms with E-state index in [0.717, 1.165) is 16.6 Å². The summed E-state index contributed by atoms with van der Waals surface area (Å²) in [6, 6.07) is 15.4. The Labute approximate surface area is 209 Å². The van der Waals surface area contributed by atoms with Crippen LogP contribution in [0, 0.1) is 0 Å². The number of aromatic nitrogens is 6. The minimum absolute atomic E-state index is 0.0907. The minimum Gasteiger partial charge on any atom is -0.390 e. The van der Waals surface area contributed by atoms with E-state index < -0.39 is 6.04 Å². The van der Waals surface area contributed by atoms with Gasteiger partial charge in [-0.2, -0.15) is 4.68 Å². The maximum absolute atomic E-state index is 13.2. The smallest absolute Gasteiger partial charge is 0.252 e. The number of aliphatic hydroxyl groups is 1. The summed E-state index contributed by atoms with van der Waals surface area (Å²) in [5.74, 6) is -0.252. The fraction of sp³-hybridized carbons (Fsp3) is 0.160. The number of nitrogens with zero attached hydrogens (tertiary/aromatic N) is 5. The van der Waals surface area contributed by atoms with Crippen LogP contribution in [0.5, 0.6) is 0 Å². The van der Waals surface area contributed by atoms with Gasteiger partial charge < -0.3 is 20.0 Å². The van der Waals surface area contributed by atoms with Gasteiger partial charge in [-0.05, 0) is 77.4 Å². The average Bonchev–Trinajstić information content (AvgIpc) is 3.63. The summed E-state index contributed by atoms with van der Waals surface area (Å²) in [4.78, 5) is 29.5. The Morgan fingerprint density at radius 3 is 2.86 bits per heavy atom. The van der Waals surface area contributed by atoms with Gasteiger partial charge in [-0.3, -0.25) is 9.59 Å². The first-order valence-corrected chi connectivity index (χ1v) is 11.7. The number of aliphatic hydroxyl groups excluding tert-OH is 1. The summed E-state index contributed by atoms with van der Waals surface area (Å²) in [5.41, 5.74) is 4.77. The number of hydrogen-bond acceptors (Lipinski definition) is 6. The zero-order chi connectivity index (χ0) is 24.8. The number of pyridine rings is 1. The lowest BCUT2D eigenvalue weighted by molar-refractivity contribution is -0.119. The third-order valence-corrected chi connectivity index (χ3v) is 6.65. The molecule has 0 fully saturated rings. The summed E-state index contributed by atoms with van der Waals surface area (Å²) in [6.45, 7) is -0.0907. The third-order valence-electron chi connectivity index (χ3n) is 6.42. The molecule has 0 saturated heterocycles. The average molecular weight is 502 g/mol. The molecule has 0 bridgehead atoms. The molecule has 36 heavy (non-hydrogen) atoms. The highest BCUT2D eigenvalue weighted by Crippen LogP contribution is 2.33. The molecule has 10 nitrogen and oxygen atoms in total. The van der Waals surface area contributed by atoms with Crippen LogP contribution in [0.4, 0.5) is 5.69 Å². The van der Waals surface area contributed by atoms with E-state index >= 15 is 0 Å². The van der Waals surface area contributed by atoms with Crippen LogP contribution in [0.1, 0.15) is 23.9 Å². The molecule has 4 heterocycles. The van der Waals surface area contributed by atoms with Crippen LogP contribution in [0.15, 0.2) is 65.7 Å². The van der Waals surface area contributed by atoms with Crippen molar-refractivity contribution in [3.05, 3.63) is 87.7 Å². The fourth-order valence-electron chi connectivity index (χ4n) is 4.79. The number of aryl methyl sites for hydroxylation is 1. The molecule has 1 aliphatic rings. The van der Waals surface area contributed by atoms with Crippen molar-refractivity contribution in [3.8, 4) is 16.8 Å². The Morgan fingerprint density at radius 2 is 2.06 bits per heavy atom. The van der Waals surface area contributed by atoms with E-state index in [-0.39, 0.29) is 18.1 Å². The van der Waals surface area contributed by atoms with Gasteiger partial charge in [0.05, 0.1) is 12.3 Å². The molecule has 1 aliphatic heterocycles. The number of fused-ring (bicyclic) bond motifs is 2. The number of tetrazole rings is 1. The van der Waals surface area contributed by atoms with Gasteiger partial charge >= 0.3 is 0 Å². The van der Waals surface area contributed by atoms with E-state index in [4.69, 9.17) is 11.6 Å². The molecule has 0 aliphatic carbocycles. The largest absolute Gasteiger partial charge is 0.390 e. The van der Waals surface area contributed by atoms with Gasteiger partial charge in [0.15, 0.2) is 0 Å². The molecule has 3 N–H and O–H groups in total. The Kier molecular flexibility index (Phi) is 5.39. The zero-order valence-corrected chi connectivity index (χ0v) is 19.6. The molecule has 0 unspecified atom stereocenters. The predicted molar refractivity (Wildman–Crippen MR) is 134 cm³/mol. The summed E-state index contributed by atoms with van der Waals surface area (Å²) < 4.78 is 3.07. The number of rotatable bonds is 5. The Hall–Kier alpha value is -4.28. The van der Waals surface area contributed by atoms with Gasteiger partial charge in [-0.15, -0.1) is 5.10 Å². The van der Waals surface area contributed by atoms with Crippen molar-refractivity contribution in [2.45, 2.75) is 25.5 Å². The van der Waals surface area contributed by atoms with Gasteiger partial charge in [-0.1, -0.05) is 11.6 Å². The van der Waals surface area contributed by atoms with Crippen LogP contribution in [-0.4, -0.2) is 40.8 Å². The molecular weight excluding hydrogens is 482 g/mol. The molecule has 1 atom stereocenters. The summed E-state index contributed by atoms with van der Waals surface area (Å²) >= 11 is 6.26. The first-order chi connectivity index (χ1) is 17.5. The van der Waals surface area contributed by atoms with Crippen LogP contribution in [0.3, 0.4) is 0 Å². The second kappa shape index (κ2) is 8.74. The van der Waals surface area contributed by atoms with Crippen LogP contribution >= 0.6 is 11.6 Å². The van der Waals surface area contributed by atoms with E-state index in [1.54, 1.807) is 28.8 Å². The molecule has 2 aromatic carbocycles. The van der Waals surface area contributed by atoms with Gasteiger partial charge in [-0.25, -0.2) is 0 Å². The second-order valence-electron chi connectivity index (χ2n) is 8.66. The number of nitrogens with one attached hydrogen (secondary N) is 2. The van der Waals surface area contributed by atoms with Gasteiger partial charge in [0.25, 0.3) is 5.56 Å². The number of aromatic amines is 1. The van der Waals surface area contributed by atoms with E-state index in [1.807, 2.05) is 24.3 Å². The zero-order valence-electron chi connectivity index (χ0n) is 18.8. The Bertz CT molecular complexity index is 1670. The molecular formula is C25H20ClN7O3. The summed E-state index contributed by atoms with van der Waals surface area (Å²) in [7, 11) is 0. The quantitative estimate of drug-likeness (QED) is 0.339. The highest BCUT2D eigenvalue weighted by Gasteiger charge is 2.30. The van der Waals surface area contributed by atoms with Gasteiger partial charge in [0.1, 0.15) is 12.4 Å². The van der Waals surface area contributed by atoms with E-state index in [0.29, 0.717) is 46.1 Å². The second-order valence-corrected chi connectivity index (χ2v) is 9.09. The molecule has 1 amide bonds. The highest BCUT2D eigenvalue weighted by atomic mass is 35.5. The molecule has 0 radical (unpaired) electrons. The van der Waals surface area contributed by atoms with Crippen molar-refractivity contribution in [1.29, 1.82) is 0 Å². The first-order valence-electron chi connectivity index (χ1n) is 11.3. The first kappa shape index (κ1) is 22.2. The van der Waals surface area contributed by atoms with Crippen LogP contribution < -0.4 is 10.9 Å². The van der Waals surface area contributed by atoms with Crippen molar-refractivity contribution in [3.63, 3.8) is 0 Å². The molecule has 180 valence electrons. The molecule has 0 spiro atoms. The summed E-state index contributed by atoms with van der Waals surface area (Å²) in [6.07, 6.45) is 2.57. The number of anilines is 1. The maximum Gasteiger partial charge on any atom is 0.252 e. The van der Waals surface area contributed by atoms with Crippen molar-refractivity contribution in [1.82, 2.24) is 29.8 Å². The van der Waals surface area contributed by atoms with Crippen molar-refractivity contribution < 1.29 is 9.90 Å². The normalized spacial score (nSPS) is 14.8. The highest BCUT2D eigenvalue weighted by molar-refractivity contribution is 6.31. The predicted octanol–water partition coefficient (Wildman–Crippen LogP) is 3.24. The molecule has 5 aromatic rings. The topological polar surface area (TPSA) is 131 Å². The molecule has 6 rings (SSSR count).